The van der Waals surface area contributed by atoms with E-state index in [-0.39, 0.29) is 18.0 Å². The first kappa shape index (κ1) is 31.3. The normalized spacial score (nSPS) is 16.2. The van der Waals surface area contributed by atoms with Gasteiger partial charge in [-0.3, -0.25) is 9.89 Å². The number of carbonyl (C=O) groups is 2. The minimum atomic E-state index is -1.06. The molecule has 3 aromatic heterocycles. The summed E-state index contributed by atoms with van der Waals surface area (Å²) < 4.78 is 7.72. The summed E-state index contributed by atoms with van der Waals surface area (Å²) in [5.74, 6) is -0.639. The third-order valence-electron chi connectivity index (χ3n) is 9.57. The molecule has 1 fully saturated rings. The van der Waals surface area contributed by atoms with Crippen LogP contribution < -0.4 is 0 Å². The monoisotopic (exact) mass is 648 g/mol. The number of ketones is 1. The van der Waals surface area contributed by atoms with Gasteiger partial charge in [-0.05, 0) is 103 Å². The van der Waals surface area contributed by atoms with Crippen molar-refractivity contribution in [3.05, 3.63) is 82.1 Å². The zero-order chi connectivity index (χ0) is 32.5. The Morgan fingerprint density at radius 1 is 0.979 bits per heavy atom. The number of carboxylic acid groups (broad SMARTS) is 1. The molecular weight excluding hydrogens is 609 g/mol. The Morgan fingerprint density at radius 3 is 2.47 bits per heavy atom. The number of ether oxygens (including phenoxy) is 1. The van der Waals surface area contributed by atoms with Crippen LogP contribution in [0.4, 0.5) is 0 Å². The van der Waals surface area contributed by atoms with Gasteiger partial charge < -0.3 is 14.4 Å². The van der Waals surface area contributed by atoms with Crippen LogP contribution in [0.2, 0.25) is 0 Å². The molecule has 0 amide bonds. The van der Waals surface area contributed by atoms with E-state index in [2.05, 4.69) is 69.1 Å². The van der Waals surface area contributed by atoms with Crippen LogP contribution in [0.25, 0.3) is 43.9 Å². The highest BCUT2D eigenvalue weighted by Crippen LogP contribution is 2.43. The number of fused-ring (bicyclic) bond motifs is 1. The quantitative estimate of drug-likeness (QED) is 0.174. The van der Waals surface area contributed by atoms with E-state index in [1.807, 2.05) is 13.0 Å². The van der Waals surface area contributed by atoms with Crippen molar-refractivity contribution in [2.75, 3.05) is 13.2 Å². The Morgan fingerprint density at radius 2 is 1.74 bits per heavy atom. The fourth-order valence-corrected chi connectivity index (χ4v) is 8.19. The minimum absolute atomic E-state index is 0.0236. The number of allylic oxidation sites excluding steroid dienone is 1. The Balaban J connectivity index is 1.38. The first-order valence-electron chi connectivity index (χ1n) is 16.7. The van der Waals surface area contributed by atoms with Crippen LogP contribution in [-0.4, -0.2) is 49.8 Å². The molecule has 8 nitrogen and oxygen atoms in total. The predicted octanol–water partition coefficient (Wildman–Crippen LogP) is 8.88. The SMILES string of the molecule is Cc1nc(C)c(-c2ccc3cc(-c4c(C5CCCCC5)cc(-c5cc(C(=O)O)[nH]n5)n4CC(=O)C4=CCCOCCC4)ccc3c2)s1. The number of aromatic nitrogens is 4. The second kappa shape index (κ2) is 13.4. The van der Waals surface area contributed by atoms with Crippen molar-refractivity contribution in [3.63, 3.8) is 0 Å². The molecule has 0 radical (unpaired) electrons. The molecule has 242 valence electrons. The molecule has 1 aliphatic carbocycles. The molecule has 0 atom stereocenters. The predicted molar refractivity (Wildman–Crippen MR) is 186 cm³/mol. The molecule has 5 aromatic rings. The highest BCUT2D eigenvalue weighted by atomic mass is 32.1. The lowest BCUT2D eigenvalue weighted by molar-refractivity contribution is -0.116. The summed E-state index contributed by atoms with van der Waals surface area (Å²) in [6, 6.07) is 16.9. The van der Waals surface area contributed by atoms with E-state index >= 15 is 0 Å². The summed E-state index contributed by atoms with van der Waals surface area (Å²) in [6.45, 7) is 5.53. The lowest BCUT2D eigenvalue weighted by Crippen LogP contribution is -2.17. The zero-order valence-electron chi connectivity index (χ0n) is 27.0. The highest BCUT2D eigenvalue weighted by Gasteiger charge is 2.28. The van der Waals surface area contributed by atoms with Gasteiger partial charge in [-0.15, -0.1) is 11.3 Å². The van der Waals surface area contributed by atoms with Crippen molar-refractivity contribution in [1.82, 2.24) is 19.7 Å². The Bertz CT molecular complexity index is 1990. The largest absolute Gasteiger partial charge is 0.477 e. The summed E-state index contributed by atoms with van der Waals surface area (Å²) in [5, 5.41) is 20.1. The number of thiazole rings is 1. The van der Waals surface area contributed by atoms with E-state index in [1.165, 1.54) is 29.7 Å². The molecule has 2 aromatic carbocycles. The number of hydrogen-bond acceptors (Lipinski definition) is 6. The van der Waals surface area contributed by atoms with E-state index in [1.54, 1.807) is 17.4 Å². The van der Waals surface area contributed by atoms with Crippen LogP contribution in [0.1, 0.15) is 84.0 Å². The standard InChI is InChI=1S/C38H40N4O4S/c1-23-37(47-24(2)39-23)30-15-13-27-18-29(14-12-28(27)19-30)36-31(25-8-4-3-5-9-25)20-34(32-21-33(38(44)45)41-40-32)42(36)22-35(43)26-10-6-16-46-17-7-11-26/h10,12-15,18-21,25H,3-9,11,16-17,22H2,1-2H3,(H,40,41)(H,44,45). The lowest BCUT2D eigenvalue weighted by atomic mass is 9.83. The number of benzene rings is 2. The van der Waals surface area contributed by atoms with Crippen LogP contribution in [0.5, 0.6) is 0 Å². The van der Waals surface area contributed by atoms with E-state index in [0.29, 0.717) is 37.7 Å². The number of nitrogens with zero attached hydrogens (tertiary/aromatic N) is 3. The van der Waals surface area contributed by atoms with E-state index in [9.17, 15) is 14.7 Å². The Hall–Kier alpha value is -4.34. The third kappa shape index (κ3) is 6.47. The summed E-state index contributed by atoms with van der Waals surface area (Å²) in [6.07, 6.45) is 9.98. The molecule has 7 rings (SSSR count). The molecule has 0 saturated heterocycles. The van der Waals surface area contributed by atoms with Crippen molar-refractivity contribution in [1.29, 1.82) is 0 Å². The Labute approximate surface area is 278 Å². The van der Waals surface area contributed by atoms with Crippen molar-refractivity contribution >= 4 is 33.9 Å². The van der Waals surface area contributed by atoms with Crippen LogP contribution >= 0.6 is 11.3 Å². The zero-order valence-corrected chi connectivity index (χ0v) is 27.8. The van der Waals surface area contributed by atoms with Gasteiger partial charge in [0.1, 0.15) is 11.4 Å². The smallest absolute Gasteiger partial charge is 0.353 e. The summed E-state index contributed by atoms with van der Waals surface area (Å²) in [4.78, 5) is 31.7. The molecule has 2 aliphatic rings. The molecule has 0 spiro atoms. The average Bonchev–Trinajstić information content (AvgIpc) is 3.78. The molecule has 2 N–H and O–H groups in total. The van der Waals surface area contributed by atoms with Gasteiger partial charge >= 0.3 is 5.97 Å². The van der Waals surface area contributed by atoms with E-state index in [4.69, 9.17) is 4.74 Å². The van der Waals surface area contributed by atoms with Crippen molar-refractivity contribution in [2.24, 2.45) is 0 Å². The van der Waals surface area contributed by atoms with Gasteiger partial charge in [0.05, 0.1) is 40.1 Å². The molecule has 0 unspecified atom stereocenters. The van der Waals surface area contributed by atoms with E-state index < -0.39 is 5.97 Å². The average molecular weight is 649 g/mol. The second-order valence-corrected chi connectivity index (χ2v) is 14.0. The van der Waals surface area contributed by atoms with Gasteiger partial charge in [-0.25, -0.2) is 9.78 Å². The number of hydrogen-bond donors (Lipinski definition) is 2. The second-order valence-electron chi connectivity index (χ2n) is 12.8. The lowest BCUT2D eigenvalue weighted by Gasteiger charge is -2.23. The summed E-state index contributed by atoms with van der Waals surface area (Å²) >= 11 is 1.72. The molecule has 1 aliphatic heterocycles. The number of rotatable bonds is 8. The first-order chi connectivity index (χ1) is 22.9. The minimum Gasteiger partial charge on any atom is -0.477 e. The number of nitrogens with one attached hydrogen (secondary N) is 1. The molecule has 1 saturated carbocycles. The molecule has 9 heteroatoms. The van der Waals surface area contributed by atoms with Gasteiger partial charge in [0.15, 0.2) is 5.78 Å². The van der Waals surface area contributed by atoms with Gasteiger partial charge in [-0.1, -0.05) is 49.6 Å². The summed E-state index contributed by atoms with van der Waals surface area (Å²) in [7, 11) is 0. The number of H-pyrrole nitrogens is 1. The number of aromatic carboxylic acids is 1. The van der Waals surface area contributed by atoms with Crippen LogP contribution in [-0.2, 0) is 16.1 Å². The maximum absolute atomic E-state index is 14.1. The number of carbonyl (C=O) groups excluding carboxylic acids is 1. The maximum atomic E-state index is 14.1. The fourth-order valence-electron chi connectivity index (χ4n) is 7.27. The molecular formula is C38H40N4O4S. The number of carboxylic acids is 1. The van der Waals surface area contributed by atoms with Gasteiger partial charge in [0.2, 0.25) is 0 Å². The fraction of sp³-hybridized carbons (Fsp3) is 0.368. The third-order valence-corrected chi connectivity index (χ3v) is 10.7. The van der Waals surface area contributed by atoms with Crippen molar-refractivity contribution in [3.8, 4) is 33.1 Å². The molecule has 0 bridgehead atoms. The van der Waals surface area contributed by atoms with Gasteiger partial charge in [0.25, 0.3) is 0 Å². The van der Waals surface area contributed by atoms with Crippen LogP contribution in [0.15, 0.2) is 60.2 Å². The number of aromatic amines is 1. The van der Waals surface area contributed by atoms with Crippen molar-refractivity contribution in [2.45, 2.75) is 77.7 Å². The summed E-state index contributed by atoms with van der Waals surface area (Å²) in [5.41, 5.74) is 7.64. The first-order valence-corrected chi connectivity index (χ1v) is 17.5. The molecule has 47 heavy (non-hydrogen) atoms. The number of Topliss-reactive ketones (excluding diaryl/α,β-unsaturated/α-hetero) is 1. The van der Waals surface area contributed by atoms with E-state index in [0.717, 1.165) is 68.8 Å². The van der Waals surface area contributed by atoms with Gasteiger partial charge in [0, 0.05) is 12.7 Å². The Kier molecular flexibility index (Phi) is 8.92. The molecule has 4 heterocycles. The van der Waals surface area contributed by atoms with Crippen LogP contribution in [0, 0.1) is 13.8 Å². The number of aryl methyl sites for hydroxylation is 2. The van der Waals surface area contributed by atoms with Gasteiger partial charge in [-0.2, -0.15) is 5.10 Å². The van der Waals surface area contributed by atoms with Crippen molar-refractivity contribution < 1.29 is 19.4 Å². The highest BCUT2D eigenvalue weighted by molar-refractivity contribution is 7.15. The van der Waals surface area contributed by atoms with Crippen LogP contribution in [0.3, 0.4) is 0 Å². The topological polar surface area (TPSA) is 110 Å². The maximum Gasteiger partial charge on any atom is 0.353 e.